The summed E-state index contributed by atoms with van der Waals surface area (Å²) in [7, 11) is 0. The summed E-state index contributed by atoms with van der Waals surface area (Å²) in [4.78, 5) is 62.0. The van der Waals surface area contributed by atoms with Gasteiger partial charge >= 0.3 is 0 Å². The number of ketones is 1. The monoisotopic (exact) mass is 407 g/mol. The molecule has 0 saturated heterocycles. The quantitative estimate of drug-likeness (QED) is 0.139. The molecule has 0 saturated carbocycles. The van der Waals surface area contributed by atoms with E-state index in [0.29, 0.717) is 25.8 Å². The molecular weight excluding hydrogens is 382 g/mol. The van der Waals surface area contributed by atoms with Crippen molar-refractivity contribution in [2.75, 3.05) is 19.8 Å². The first kappa shape index (κ1) is 25.0. The molecule has 0 aliphatic carbocycles. The Morgan fingerprint density at radius 1 is 0.964 bits per heavy atom. The van der Waals surface area contributed by atoms with Gasteiger partial charge < -0.3 is 19.7 Å². The fraction of sp³-hybridized carbons (Fsp3) is 0.800. The number of carbonyl (C=O) groups excluding carboxylic acids is 3. The molecule has 0 heterocycles. The van der Waals surface area contributed by atoms with Crippen LogP contribution in [0.2, 0.25) is 0 Å². The zero-order chi connectivity index (χ0) is 21.2. The SMILES string of the molecule is O=COC(CCCCNC(=O)CCCO[N+](=O)[O-])CC(=O)CCCO[N+](=O)[O-]. The Labute approximate surface area is 160 Å². The Morgan fingerprint density at radius 3 is 2.14 bits per heavy atom. The molecule has 0 fully saturated rings. The first-order valence-corrected chi connectivity index (χ1v) is 8.77. The van der Waals surface area contributed by atoms with Crippen LogP contribution in [0.3, 0.4) is 0 Å². The van der Waals surface area contributed by atoms with Crippen LogP contribution < -0.4 is 5.32 Å². The van der Waals surface area contributed by atoms with Crippen LogP contribution in [0.15, 0.2) is 0 Å². The van der Waals surface area contributed by atoms with Gasteiger partial charge in [0.2, 0.25) is 5.91 Å². The van der Waals surface area contributed by atoms with Crippen molar-refractivity contribution in [1.29, 1.82) is 0 Å². The maximum Gasteiger partial charge on any atom is 0.294 e. The molecule has 1 unspecified atom stereocenters. The summed E-state index contributed by atoms with van der Waals surface area (Å²) in [6, 6.07) is 0. The van der Waals surface area contributed by atoms with Crippen LogP contribution in [0.1, 0.15) is 51.4 Å². The molecule has 0 aliphatic heterocycles. The Hall–Kier alpha value is -2.99. The van der Waals surface area contributed by atoms with Crippen molar-refractivity contribution in [3.05, 3.63) is 20.2 Å². The van der Waals surface area contributed by atoms with Gasteiger partial charge in [0, 0.05) is 25.8 Å². The summed E-state index contributed by atoms with van der Waals surface area (Å²) < 4.78 is 4.87. The summed E-state index contributed by atoms with van der Waals surface area (Å²) in [6.07, 6.45) is 1.69. The number of hydrogen-bond acceptors (Lipinski definition) is 10. The van der Waals surface area contributed by atoms with Gasteiger partial charge in [-0.3, -0.25) is 14.4 Å². The maximum atomic E-state index is 11.8. The van der Waals surface area contributed by atoms with Crippen LogP contribution in [0.5, 0.6) is 0 Å². The molecule has 0 aliphatic rings. The molecule has 0 radical (unpaired) electrons. The molecule has 0 aromatic heterocycles. The summed E-state index contributed by atoms with van der Waals surface area (Å²) in [5, 5.41) is 20.7. The molecule has 0 aromatic carbocycles. The summed E-state index contributed by atoms with van der Waals surface area (Å²) >= 11 is 0. The van der Waals surface area contributed by atoms with Crippen LogP contribution in [0.25, 0.3) is 0 Å². The lowest BCUT2D eigenvalue weighted by molar-refractivity contribution is -0.757. The number of Topliss-reactive ketones (excluding diaryl/α,β-unsaturated/α-hetero) is 1. The number of hydrogen-bond donors (Lipinski definition) is 1. The molecule has 28 heavy (non-hydrogen) atoms. The largest absolute Gasteiger partial charge is 0.464 e. The van der Waals surface area contributed by atoms with E-state index in [4.69, 9.17) is 4.74 Å². The van der Waals surface area contributed by atoms with Crippen molar-refractivity contribution < 1.29 is 39.0 Å². The zero-order valence-corrected chi connectivity index (χ0v) is 15.4. The number of carbonyl (C=O) groups is 3. The third-order valence-electron chi connectivity index (χ3n) is 3.52. The van der Waals surface area contributed by atoms with Gasteiger partial charge in [-0.15, -0.1) is 20.2 Å². The predicted octanol–water partition coefficient (Wildman–Crippen LogP) is 0.751. The molecule has 1 amide bonds. The highest BCUT2D eigenvalue weighted by molar-refractivity contribution is 5.79. The van der Waals surface area contributed by atoms with Crippen molar-refractivity contribution in [3.63, 3.8) is 0 Å². The van der Waals surface area contributed by atoms with E-state index in [0.717, 1.165) is 0 Å². The first-order valence-electron chi connectivity index (χ1n) is 8.77. The molecule has 0 spiro atoms. The lowest BCUT2D eigenvalue weighted by Crippen LogP contribution is -2.25. The van der Waals surface area contributed by atoms with Crippen LogP contribution in [0.4, 0.5) is 0 Å². The van der Waals surface area contributed by atoms with Crippen molar-refractivity contribution in [2.45, 2.75) is 57.5 Å². The van der Waals surface area contributed by atoms with Gasteiger partial charge in [0.1, 0.15) is 11.9 Å². The number of rotatable bonds is 19. The molecule has 1 N–H and O–H groups in total. The Morgan fingerprint density at radius 2 is 1.57 bits per heavy atom. The minimum absolute atomic E-state index is 0.0139. The van der Waals surface area contributed by atoms with E-state index in [1.54, 1.807) is 0 Å². The first-order chi connectivity index (χ1) is 13.3. The summed E-state index contributed by atoms with van der Waals surface area (Å²) in [5.74, 6) is -0.441. The van der Waals surface area contributed by atoms with E-state index >= 15 is 0 Å². The van der Waals surface area contributed by atoms with Crippen molar-refractivity contribution in [2.24, 2.45) is 0 Å². The van der Waals surface area contributed by atoms with Gasteiger partial charge in [0.05, 0.1) is 13.2 Å². The van der Waals surface area contributed by atoms with Crippen molar-refractivity contribution in [1.82, 2.24) is 5.32 Å². The number of nitrogens with one attached hydrogen (secondary N) is 1. The van der Waals surface area contributed by atoms with Crippen LogP contribution in [0, 0.1) is 20.2 Å². The molecular formula is C15H25N3O10. The van der Waals surface area contributed by atoms with Crippen molar-refractivity contribution >= 4 is 18.2 Å². The van der Waals surface area contributed by atoms with E-state index in [9.17, 15) is 34.6 Å². The van der Waals surface area contributed by atoms with E-state index in [1.807, 2.05) is 0 Å². The second-order valence-corrected chi connectivity index (χ2v) is 5.76. The molecule has 0 aromatic rings. The fourth-order valence-electron chi connectivity index (χ4n) is 2.25. The van der Waals surface area contributed by atoms with Gasteiger partial charge in [-0.25, -0.2) is 0 Å². The highest BCUT2D eigenvalue weighted by Gasteiger charge is 2.15. The van der Waals surface area contributed by atoms with Crippen LogP contribution >= 0.6 is 0 Å². The Bertz CT molecular complexity index is 514. The third kappa shape index (κ3) is 16.5. The van der Waals surface area contributed by atoms with Gasteiger partial charge in [-0.1, -0.05) is 0 Å². The van der Waals surface area contributed by atoms with E-state index in [-0.39, 0.29) is 63.5 Å². The number of unbranched alkanes of at least 4 members (excludes halogenated alkanes) is 1. The zero-order valence-electron chi connectivity index (χ0n) is 15.4. The smallest absolute Gasteiger partial charge is 0.294 e. The standard InChI is InChI=1S/C15H25N3O10/c19-12-26-14(11-13(20)5-3-9-27-17(22)23)6-1-2-8-16-15(21)7-4-10-28-18(24)25/h12,14H,1-11H2,(H,16,21). The average Bonchev–Trinajstić information content (AvgIpc) is 2.62. The van der Waals surface area contributed by atoms with Gasteiger partial charge in [0.15, 0.2) is 0 Å². The summed E-state index contributed by atoms with van der Waals surface area (Å²) in [6.45, 7) is 0.338. The minimum Gasteiger partial charge on any atom is -0.464 e. The van der Waals surface area contributed by atoms with Crippen LogP contribution in [-0.4, -0.2) is 54.2 Å². The highest BCUT2D eigenvalue weighted by Crippen LogP contribution is 2.11. The topological polar surface area (TPSA) is 177 Å². The molecule has 13 heteroatoms. The van der Waals surface area contributed by atoms with E-state index in [1.165, 1.54) is 0 Å². The van der Waals surface area contributed by atoms with Crippen LogP contribution in [-0.2, 0) is 28.8 Å². The Kier molecular flexibility index (Phi) is 14.5. The molecule has 160 valence electrons. The fourth-order valence-corrected chi connectivity index (χ4v) is 2.25. The number of amides is 1. The lowest BCUT2D eigenvalue weighted by Gasteiger charge is -2.14. The molecule has 0 bridgehead atoms. The number of ether oxygens (including phenoxy) is 1. The van der Waals surface area contributed by atoms with E-state index in [2.05, 4.69) is 15.0 Å². The van der Waals surface area contributed by atoms with E-state index < -0.39 is 16.3 Å². The maximum absolute atomic E-state index is 11.8. The normalized spacial score (nSPS) is 11.1. The highest BCUT2D eigenvalue weighted by atomic mass is 17.0. The molecule has 1 atom stereocenters. The predicted molar refractivity (Wildman–Crippen MR) is 91.8 cm³/mol. The van der Waals surface area contributed by atoms with Gasteiger partial charge in [-0.05, 0) is 32.1 Å². The minimum atomic E-state index is -0.929. The molecule has 0 rings (SSSR count). The van der Waals surface area contributed by atoms with Gasteiger partial charge in [-0.2, -0.15) is 0 Å². The Balaban J connectivity index is 3.83. The lowest BCUT2D eigenvalue weighted by atomic mass is 10.0. The average molecular weight is 407 g/mol. The number of nitrogens with zero attached hydrogens (tertiary/aromatic N) is 2. The summed E-state index contributed by atoms with van der Waals surface area (Å²) in [5.41, 5.74) is 0. The second kappa shape index (κ2) is 16.2. The van der Waals surface area contributed by atoms with Crippen molar-refractivity contribution in [3.8, 4) is 0 Å². The second-order valence-electron chi connectivity index (χ2n) is 5.76. The van der Waals surface area contributed by atoms with Gasteiger partial charge in [0.25, 0.3) is 16.6 Å². The third-order valence-corrected chi connectivity index (χ3v) is 3.52. The molecule has 13 nitrogen and oxygen atoms in total.